The van der Waals surface area contributed by atoms with Gasteiger partial charge in [0.25, 0.3) is 0 Å². The molecule has 0 aromatic carbocycles. The van der Waals surface area contributed by atoms with Crippen molar-refractivity contribution in [3.05, 3.63) is 0 Å². The van der Waals surface area contributed by atoms with Gasteiger partial charge >= 0.3 is 0 Å². The predicted molar refractivity (Wildman–Crippen MR) is 84.5 cm³/mol. The number of ether oxygens (including phenoxy) is 2. The summed E-state index contributed by atoms with van der Waals surface area (Å²) in [6.45, 7) is 3.65. The zero-order chi connectivity index (χ0) is 16.5. The lowest BCUT2D eigenvalue weighted by Gasteiger charge is -2.42. The maximum atomic E-state index is 12.1. The van der Waals surface area contributed by atoms with Gasteiger partial charge < -0.3 is 14.4 Å². The van der Waals surface area contributed by atoms with Gasteiger partial charge in [-0.25, -0.2) is 12.7 Å². The summed E-state index contributed by atoms with van der Waals surface area (Å²) in [6.07, 6.45) is 4.87. The molecule has 0 bridgehead atoms. The van der Waals surface area contributed by atoms with E-state index in [0.29, 0.717) is 32.7 Å². The largest absolute Gasteiger partial charge is 0.377 e. The summed E-state index contributed by atoms with van der Waals surface area (Å²) >= 11 is 0. The molecule has 3 aliphatic rings. The topological polar surface area (TPSA) is 76.1 Å². The number of carbonyl (C=O) groups is 1. The Morgan fingerprint density at radius 2 is 2.04 bits per heavy atom. The fourth-order valence-electron chi connectivity index (χ4n) is 3.90. The minimum absolute atomic E-state index is 0.0300. The fraction of sp³-hybridized carbons (Fsp3) is 0.933. The number of sulfonamides is 1. The van der Waals surface area contributed by atoms with Crippen LogP contribution in [0.5, 0.6) is 0 Å². The highest BCUT2D eigenvalue weighted by Gasteiger charge is 2.49. The summed E-state index contributed by atoms with van der Waals surface area (Å²) < 4.78 is 36.7. The Bertz CT molecular complexity index is 546. The number of fused-ring (bicyclic) bond motifs is 1. The van der Waals surface area contributed by atoms with Crippen molar-refractivity contribution in [3.8, 4) is 0 Å². The molecule has 0 radical (unpaired) electrons. The van der Waals surface area contributed by atoms with E-state index in [9.17, 15) is 13.2 Å². The minimum atomic E-state index is -3.21. The molecule has 3 saturated heterocycles. The molecule has 0 aliphatic carbocycles. The zero-order valence-electron chi connectivity index (χ0n) is 13.7. The molecule has 2 atom stereocenters. The molecule has 1 amide bonds. The van der Waals surface area contributed by atoms with Gasteiger partial charge in [-0.1, -0.05) is 0 Å². The van der Waals surface area contributed by atoms with Crippen LogP contribution in [0.1, 0.15) is 25.7 Å². The Labute approximate surface area is 138 Å². The molecule has 3 fully saturated rings. The van der Waals surface area contributed by atoms with Crippen LogP contribution in [-0.4, -0.2) is 81.9 Å². The normalized spacial score (nSPS) is 32.2. The van der Waals surface area contributed by atoms with Crippen LogP contribution in [0.25, 0.3) is 0 Å². The number of nitrogens with zero attached hydrogens (tertiary/aromatic N) is 2. The minimum Gasteiger partial charge on any atom is -0.377 e. The average molecular weight is 346 g/mol. The molecule has 0 aromatic heterocycles. The van der Waals surface area contributed by atoms with E-state index >= 15 is 0 Å². The van der Waals surface area contributed by atoms with Crippen molar-refractivity contribution in [1.29, 1.82) is 0 Å². The summed E-state index contributed by atoms with van der Waals surface area (Å²) in [4.78, 5) is 13.9. The van der Waals surface area contributed by atoms with Crippen LogP contribution in [0, 0.1) is 5.41 Å². The molecule has 0 spiro atoms. The van der Waals surface area contributed by atoms with Crippen LogP contribution in [0.2, 0.25) is 0 Å². The number of hydrogen-bond donors (Lipinski definition) is 0. The number of likely N-dealkylation sites (tertiary alicyclic amines) is 1. The van der Waals surface area contributed by atoms with Crippen LogP contribution in [-0.2, 0) is 24.3 Å². The van der Waals surface area contributed by atoms with Crippen LogP contribution in [0.4, 0.5) is 0 Å². The van der Waals surface area contributed by atoms with Gasteiger partial charge in [0, 0.05) is 38.2 Å². The average Bonchev–Trinajstić information content (AvgIpc) is 3.15. The molecule has 3 aliphatic heterocycles. The highest BCUT2D eigenvalue weighted by molar-refractivity contribution is 7.88. The van der Waals surface area contributed by atoms with Gasteiger partial charge in [-0.15, -0.1) is 0 Å². The molecule has 23 heavy (non-hydrogen) atoms. The van der Waals surface area contributed by atoms with Gasteiger partial charge in [0.1, 0.15) is 6.61 Å². The SMILES string of the molecule is CS(=O)(=O)N1CC[C@H]2OCC[C@@]2(COCC(=O)N2CCCC2)C1. The fourth-order valence-corrected chi connectivity index (χ4v) is 4.83. The first-order chi connectivity index (χ1) is 10.9. The van der Waals surface area contributed by atoms with Gasteiger partial charge in [-0.3, -0.25) is 4.79 Å². The van der Waals surface area contributed by atoms with Crippen molar-refractivity contribution in [3.63, 3.8) is 0 Å². The summed E-state index contributed by atoms with van der Waals surface area (Å²) in [6, 6.07) is 0. The van der Waals surface area contributed by atoms with Crippen LogP contribution < -0.4 is 0 Å². The van der Waals surface area contributed by atoms with E-state index in [2.05, 4.69) is 0 Å². The number of piperidine rings is 1. The highest BCUT2D eigenvalue weighted by Crippen LogP contribution is 2.41. The van der Waals surface area contributed by atoms with Crippen molar-refractivity contribution in [1.82, 2.24) is 9.21 Å². The zero-order valence-corrected chi connectivity index (χ0v) is 14.5. The van der Waals surface area contributed by atoms with E-state index in [-0.39, 0.29) is 24.0 Å². The quantitative estimate of drug-likeness (QED) is 0.704. The molecule has 0 aromatic rings. The third-order valence-electron chi connectivity index (χ3n) is 5.28. The van der Waals surface area contributed by atoms with E-state index in [0.717, 1.165) is 32.4 Å². The Balaban J connectivity index is 1.58. The molecule has 0 saturated carbocycles. The molecular formula is C15H26N2O5S. The van der Waals surface area contributed by atoms with Gasteiger partial charge in [0.2, 0.25) is 15.9 Å². The second-order valence-electron chi connectivity index (χ2n) is 6.94. The maximum absolute atomic E-state index is 12.1. The molecule has 8 heteroatoms. The van der Waals surface area contributed by atoms with Crippen LogP contribution in [0.3, 0.4) is 0 Å². The maximum Gasteiger partial charge on any atom is 0.248 e. The monoisotopic (exact) mass is 346 g/mol. The molecule has 0 N–H and O–H groups in total. The third kappa shape index (κ3) is 3.70. The van der Waals surface area contributed by atoms with Gasteiger partial charge in [-0.05, 0) is 25.7 Å². The first kappa shape index (κ1) is 17.1. The van der Waals surface area contributed by atoms with Gasteiger partial charge in [-0.2, -0.15) is 0 Å². The Hall–Kier alpha value is -0.700. The molecule has 132 valence electrons. The van der Waals surface area contributed by atoms with E-state index < -0.39 is 10.0 Å². The van der Waals surface area contributed by atoms with E-state index in [1.807, 2.05) is 4.90 Å². The third-order valence-corrected chi connectivity index (χ3v) is 6.53. The second-order valence-corrected chi connectivity index (χ2v) is 8.92. The number of carbonyl (C=O) groups excluding carboxylic acids is 1. The van der Waals surface area contributed by atoms with Crippen molar-refractivity contribution >= 4 is 15.9 Å². The lowest BCUT2D eigenvalue weighted by Crippen LogP contribution is -2.53. The smallest absolute Gasteiger partial charge is 0.248 e. The van der Waals surface area contributed by atoms with E-state index in [4.69, 9.17) is 9.47 Å². The lowest BCUT2D eigenvalue weighted by atomic mass is 9.78. The van der Waals surface area contributed by atoms with Gasteiger partial charge in [0.05, 0.1) is 19.0 Å². The second kappa shape index (κ2) is 6.66. The first-order valence-corrected chi connectivity index (χ1v) is 10.2. The summed E-state index contributed by atoms with van der Waals surface area (Å²) in [5.41, 5.74) is -0.313. The van der Waals surface area contributed by atoms with Crippen molar-refractivity contribution in [2.45, 2.75) is 31.8 Å². The molecule has 3 heterocycles. The van der Waals surface area contributed by atoms with E-state index in [1.165, 1.54) is 10.6 Å². The first-order valence-electron chi connectivity index (χ1n) is 8.33. The highest BCUT2D eigenvalue weighted by atomic mass is 32.2. The van der Waals surface area contributed by atoms with Crippen molar-refractivity contribution in [2.75, 3.05) is 52.3 Å². The summed E-state index contributed by atoms with van der Waals surface area (Å²) in [5, 5.41) is 0. The molecule has 7 nitrogen and oxygen atoms in total. The summed E-state index contributed by atoms with van der Waals surface area (Å²) in [5.74, 6) is 0.0325. The number of amides is 1. The van der Waals surface area contributed by atoms with Crippen LogP contribution in [0.15, 0.2) is 0 Å². The van der Waals surface area contributed by atoms with Crippen LogP contribution >= 0.6 is 0 Å². The van der Waals surface area contributed by atoms with Gasteiger partial charge in [0.15, 0.2) is 0 Å². The predicted octanol–water partition coefficient (Wildman–Crippen LogP) is 0.0660. The van der Waals surface area contributed by atoms with E-state index in [1.54, 1.807) is 0 Å². The Kier molecular flexibility index (Phi) is 4.96. The molecular weight excluding hydrogens is 320 g/mol. The van der Waals surface area contributed by atoms with Crippen molar-refractivity contribution in [2.24, 2.45) is 5.41 Å². The Morgan fingerprint density at radius 3 is 2.74 bits per heavy atom. The summed E-state index contributed by atoms with van der Waals surface area (Å²) in [7, 11) is -3.21. The number of hydrogen-bond acceptors (Lipinski definition) is 5. The molecule has 3 rings (SSSR count). The van der Waals surface area contributed by atoms with Crippen molar-refractivity contribution < 1.29 is 22.7 Å². The standard InChI is InChI=1S/C15H26N2O5S/c1-23(19,20)17-8-4-13-15(11-17,5-9-22-13)12-21-10-14(18)16-6-2-3-7-16/h13H,2-12H2,1H3/t13-,15+/m1/s1. The molecule has 0 unspecified atom stereocenters. The number of rotatable bonds is 5. The lowest BCUT2D eigenvalue weighted by molar-refractivity contribution is -0.137. The Morgan fingerprint density at radius 1 is 1.30 bits per heavy atom.